The monoisotopic (exact) mass is 317 g/mol. The molecule has 0 bridgehead atoms. The van der Waals surface area contributed by atoms with E-state index in [4.69, 9.17) is 16.7 Å². The number of fused-ring (bicyclic) bond motifs is 1. The van der Waals surface area contributed by atoms with Crippen molar-refractivity contribution in [2.75, 3.05) is 19.7 Å². The predicted molar refractivity (Wildman–Crippen MR) is 74.8 cm³/mol. The van der Waals surface area contributed by atoms with Crippen molar-refractivity contribution in [1.82, 2.24) is 14.3 Å². The number of nitrogens with zero attached hydrogens (tertiary/aromatic N) is 3. The van der Waals surface area contributed by atoms with Crippen LogP contribution in [0.25, 0.3) is 5.65 Å². The van der Waals surface area contributed by atoms with E-state index in [1.54, 1.807) is 12.1 Å². The van der Waals surface area contributed by atoms with E-state index < -0.39 is 13.0 Å². The fourth-order valence-corrected chi connectivity index (χ4v) is 2.17. The summed E-state index contributed by atoms with van der Waals surface area (Å²) in [7, 11) is 0. The zero-order valence-electron chi connectivity index (χ0n) is 11.0. The second-order valence-electron chi connectivity index (χ2n) is 4.51. The highest BCUT2D eigenvalue weighted by atomic mass is 35.5. The van der Waals surface area contributed by atoms with Gasteiger partial charge in [0.25, 0.3) is 12.0 Å². The van der Waals surface area contributed by atoms with E-state index in [2.05, 4.69) is 4.98 Å². The zero-order chi connectivity index (χ0) is 15.4. The maximum Gasteiger partial charge on any atom is 0.258 e. The Morgan fingerprint density at radius 1 is 1.43 bits per heavy atom. The summed E-state index contributed by atoms with van der Waals surface area (Å²) < 4.78 is 26.2. The molecule has 0 saturated carbocycles. The van der Waals surface area contributed by atoms with Gasteiger partial charge in [0.05, 0.1) is 23.9 Å². The second kappa shape index (κ2) is 6.93. The van der Waals surface area contributed by atoms with Gasteiger partial charge in [0.1, 0.15) is 5.65 Å². The molecule has 0 aliphatic carbocycles. The summed E-state index contributed by atoms with van der Waals surface area (Å²) in [5.74, 6) is 0. The Morgan fingerprint density at radius 2 is 2.19 bits per heavy atom. The van der Waals surface area contributed by atoms with Crippen LogP contribution in [0, 0.1) is 0 Å². The number of aromatic nitrogens is 2. The lowest BCUT2D eigenvalue weighted by molar-refractivity contribution is 0.0740. The number of hydrogen-bond donors (Lipinski definition) is 1. The van der Waals surface area contributed by atoms with Gasteiger partial charge in [-0.25, -0.2) is 13.8 Å². The van der Waals surface area contributed by atoms with Gasteiger partial charge in [-0.05, 0) is 12.1 Å². The van der Waals surface area contributed by atoms with Gasteiger partial charge >= 0.3 is 0 Å². The minimum atomic E-state index is -2.52. The molecule has 0 fully saturated rings. The number of pyridine rings is 1. The summed E-state index contributed by atoms with van der Waals surface area (Å²) in [6, 6.07) is 4.45. The Labute approximate surface area is 124 Å². The number of aliphatic hydroxyl groups is 1. The first kappa shape index (κ1) is 15.8. The maximum absolute atomic E-state index is 12.5. The lowest BCUT2D eigenvalue weighted by Crippen LogP contribution is -2.32. The van der Waals surface area contributed by atoms with Crippen LogP contribution < -0.4 is 5.56 Å². The fraction of sp³-hybridized carbons (Fsp3) is 0.385. The largest absolute Gasteiger partial charge is 0.395 e. The summed E-state index contributed by atoms with van der Waals surface area (Å²) in [6.45, 7) is -0.567. The SMILES string of the molecule is O=c1cc(CN(CCO)CC(F)F)nc2ccc(Cl)cn12. The van der Waals surface area contributed by atoms with Crippen LogP contribution in [0.1, 0.15) is 5.69 Å². The van der Waals surface area contributed by atoms with E-state index in [9.17, 15) is 13.6 Å². The van der Waals surface area contributed by atoms with E-state index in [-0.39, 0.29) is 25.3 Å². The minimum Gasteiger partial charge on any atom is -0.395 e. The average Bonchev–Trinajstić information content (AvgIpc) is 2.39. The molecule has 0 unspecified atom stereocenters. The standard InChI is InChI=1S/C13H14ClF2N3O2/c14-9-1-2-12-17-10(5-13(21)19(12)6-9)7-18(3-4-20)8-11(15)16/h1-2,5-6,11,20H,3-4,7-8H2. The van der Waals surface area contributed by atoms with Crippen LogP contribution in [0.5, 0.6) is 0 Å². The smallest absolute Gasteiger partial charge is 0.258 e. The molecule has 2 aromatic rings. The molecule has 0 aromatic carbocycles. The Balaban J connectivity index is 2.29. The molecule has 21 heavy (non-hydrogen) atoms. The minimum absolute atomic E-state index is 0.0687. The quantitative estimate of drug-likeness (QED) is 0.875. The van der Waals surface area contributed by atoms with Crippen LogP contribution in [0.15, 0.2) is 29.2 Å². The normalized spacial score (nSPS) is 11.7. The van der Waals surface area contributed by atoms with Crippen molar-refractivity contribution < 1.29 is 13.9 Å². The Bertz CT molecular complexity index is 678. The van der Waals surface area contributed by atoms with Gasteiger partial charge in [-0.3, -0.25) is 14.1 Å². The van der Waals surface area contributed by atoms with Crippen molar-refractivity contribution in [1.29, 1.82) is 0 Å². The molecule has 8 heteroatoms. The van der Waals surface area contributed by atoms with Crippen LogP contribution in [0.3, 0.4) is 0 Å². The summed E-state index contributed by atoms with van der Waals surface area (Å²) in [5, 5.41) is 9.30. The molecule has 0 aliphatic heterocycles. The van der Waals surface area contributed by atoms with Gasteiger partial charge in [-0.15, -0.1) is 0 Å². The number of halogens is 3. The van der Waals surface area contributed by atoms with Crippen molar-refractivity contribution in [3.63, 3.8) is 0 Å². The molecular weight excluding hydrogens is 304 g/mol. The maximum atomic E-state index is 12.5. The van der Waals surface area contributed by atoms with Crippen molar-refractivity contribution in [3.05, 3.63) is 45.5 Å². The molecule has 2 rings (SSSR count). The molecule has 2 aromatic heterocycles. The van der Waals surface area contributed by atoms with E-state index in [0.717, 1.165) is 0 Å². The molecule has 1 N–H and O–H groups in total. The third-order valence-corrected chi connectivity index (χ3v) is 3.10. The fourth-order valence-electron chi connectivity index (χ4n) is 2.01. The van der Waals surface area contributed by atoms with Gasteiger partial charge < -0.3 is 5.11 Å². The van der Waals surface area contributed by atoms with Crippen molar-refractivity contribution in [2.45, 2.75) is 13.0 Å². The van der Waals surface area contributed by atoms with Crippen molar-refractivity contribution in [3.8, 4) is 0 Å². The van der Waals surface area contributed by atoms with Gasteiger partial charge in [0, 0.05) is 25.4 Å². The molecule has 0 saturated heterocycles. The highest BCUT2D eigenvalue weighted by molar-refractivity contribution is 6.30. The second-order valence-corrected chi connectivity index (χ2v) is 4.95. The summed E-state index contributed by atoms with van der Waals surface area (Å²) in [4.78, 5) is 17.6. The first-order valence-corrected chi connectivity index (χ1v) is 6.66. The first-order valence-electron chi connectivity index (χ1n) is 6.29. The highest BCUT2D eigenvalue weighted by Gasteiger charge is 2.13. The molecule has 114 valence electrons. The van der Waals surface area contributed by atoms with Gasteiger partial charge in [0.15, 0.2) is 0 Å². The van der Waals surface area contributed by atoms with E-state index in [1.165, 1.54) is 21.6 Å². The third-order valence-electron chi connectivity index (χ3n) is 2.87. The van der Waals surface area contributed by atoms with E-state index >= 15 is 0 Å². The Kier molecular flexibility index (Phi) is 5.22. The molecule has 0 aliphatic rings. The predicted octanol–water partition coefficient (Wildman–Crippen LogP) is 1.41. The Hall–Kier alpha value is -1.57. The molecule has 0 atom stereocenters. The van der Waals surface area contributed by atoms with Gasteiger partial charge in [-0.2, -0.15) is 0 Å². The molecule has 2 heterocycles. The molecular formula is C13H14ClF2N3O2. The van der Waals surface area contributed by atoms with Crippen LogP contribution in [0.2, 0.25) is 5.02 Å². The highest BCUT2D eigenvalue weighted by Crippen LogP contribution is 2.10. The molecule has 0 spiro atoms. The number of alkyl halides is 2. The van der Waals surface area contributed by atoms with Crippen molar-refractivity contribution in [2.24, 2.45) is 0 Å². The van der Waals surface area contributed by atoms with Crippen LogP contribution in [-0.4, -0.2) is 45.5 Å². The lowest BCUT2D eigenvalue weighted by atomic mass is 10.3. The zero-order valence-corrected chi connectivity index (χ0v) is 11.8. The van der Waals surface area contributed by atoms with Crippen molar-refractivity contribution >= 4 is 17.2 Å². The number of hydrogen-bond acceptors (Lipinski definition) is 4. The lowest BCUT2D eigenvalue weighted by Gasteiger charge is -2.20. The topological polar surface area (TPSA) is 57.8 Å². The molecule has 0 radical (unpaired) electrons. The van der Waals surface area contributed by atoms with Gasteiger partial charge in [0.2, 0.25) is 0 Å². The number of aliphatic hydroxyl groups excluding tert-OH is 1. The van der Waals surface area contributed by atoms with Crippen LogP contribution >= 0.6 is 11.6 Å². The summed E-state index contributed by atoms with van der Waals surface area (Å²) in [5.41, 5.74) is 0.429. The summed E-state index contributed by atoms with van der Waals surface area (Å²) >= 11 is 5.81. The summed E-state index contributed by atoms with van der Waals surface area (Å²) in [6.07, 6.45) is -1.07. The van der Waals surface area contributed by atoms with Gasteiger partial charge in [-0.1, -0.05) is 11.6 Å². The average molecular weight is 318 g/mol. The third kappa shape index (κ3) is 4.20. The first-order chi connectivity index (χ1) is 9.99. The number of rotatable bonds is 6. The molecule has 5 nitrogen and oxygen atoms in total. The van der Waals surface area contributed by atoms with E-state index in [1.807, 2.05) is 0 Å². The van der Waals surface area contributed by atoms with Crippen LogP contribution in [0.4, 0.5) is 8.78 Å². The molecule has 0 amide bonds. The van der Waals surface area contributed by atoms with Crippen LogP contribution in [-0.2, 0) is 6.54 Å². The van der Waals surface area contributed by atoms with E-state index in [0.29, 0.717) is 16.4 Å². The Morgan fingerprint density at radius 3 is 2.86 bits per heavy atom.